The lowest BCUT2D eigenvalue weighted by Crippen LogP contribution is -2.52. The SMILES string of the molecule is COc1ccccc1N1CCN(C(=O)Cn2c3c(c4ccccc42)CCN2C(=O)c4ccccc4N(C)[C@H]32)CC1. The van der Waals surface area contributed by atoms with Gasteiger partial charge in [-0.15, -0.1) is 0 Å². The highest BCUT2D eigenvalue weighted by Gasteiger charge is 2.43. The number of hydrogen-bond acceptors (Lipinski definition) is 5. The Labute approximate surface area is 233 Å². The molecular formula is C32H33N5O3. The summed E-state index contributed by atoms with van der Waals surface area (Å²) >= 11 is 0. The lowest BCUT2D eigenvalue weighted by molar-refractivity contribution is -0.132. The largest absolute Gasteiger partial charge is 0.495 e. The molecule has 0 bridgehead atoms. The maximum absolute atomic E-state index is 13.8. The first kappa shape index (κ1) is 24.6. The molecule has 0 spiro atoms. The van der Waals surface area contributed by atoms with Gasteiger partial charge in [0.1, 0.15) is 18.5 Å². The molecule has 0 unspecified atom stereocenters. The second kappa shape index (κ2) is 9.62. The van der Waals surface area contributed by atoms with E-state index in [1.165, 1.54) is 10.9 Å². The molecule has 0 radical (unpaired) electrons. The van der Waals surface area contributed by atoms with Crippen molar-refractivity contribution in [1.29, 1.82) is 0 Å². The zero-order valence-corrected chi connectivity index (χ0v) is 22.9. The van der Waals surface area contributed by atoms with Crippen LogP contribution in [0, 0.1) is 0 Å². The fraction of sp³-hybridized carbons (Fsp3) is 0.312. The number of aromatic nitrogens is 1. The van der Waals surface area contributed by atoms with Crippen LogP contribution in [0.4, 0.5) is 11.4 Å². The number of piperazine rings is 1. The fourth-order valence-electron chi connectivity index (χ4n) is 6.80. The average Bonchev–Trinajstić information content (AvgIpc) is 3.33. The number of fused-ring (bicyclic) bond motifs is 6. The number of nitrogens with zero attached hydrogens (tertiary/aromatic N) is 5. The normalized spacial score (nSPS) is 18.4. The van der Waals surface area contributed by atoms with Gasteiger partial charge in [0.05, 0.1) is 29.7 Å². The van der Waals surface area contributed by atoms with E-state index in [2.05, 4.69) is 45.7 Å². The van der Waals surface area contributed by atoms with Crippen LogP contribution >= 0.6 is 0 Å². The molecule has 7 rings (SSSR count). The highest BCUT2D eigenvalue weighted by atomic mass is 16.5. The van der Waals surface area contributed by atoms with Crippen molar-refractivity contribution >= 4 is 34.1 Å². The van der Waals surface area contributed by atoms with Crippen LogP contribution < -0.4 is 14.5 Å². The van der Waals surface area contributed by atoms with Crippen LogP contribution in [0.15, 0.2) is 72.8 Å². The minimum atomic E-state index is -0.256. The molecule has 4 heterocycles. The molecule has 2 amide bonds. The van der Waals surface area contributed by atoms with Crippen molar-refractivity contribution in [2.45, 2.75) is 19.1 Å². The van der Waals surface area contributed by atoms with Crippen LogP contribution in [-0.4, -0.2) is 73.1 Å². The second-order valence-corrected chi connectivity index (χ2v) is 10.8. The van der Waals surface area contributed by atoms with E-state index >= 15 is 0 Å². The van der Waals surface area contributed by atoms with Crippen molar-refractivity contribution in [2.24, 2.45) is 0 Å². The Hall–Kier alpha value is -4.46. The van der Waals surface area contributed by atoms with Crippen LogP contribution in [0.25, 0.3) is 10.9 Å². The van der Waals surface area contributed by atoms with Crippen molar-refractivity contribution in [3.05, 3.63) is 89.6 Å². The van der Waals surface area contributed by atoms with Crippen molar-refractivity contribution in [2.75, 3.05) is 56.7 Å². The predicted molar refractivity (Wildman–Crippen MR) is 156 cm³/mol. The number of para-hydroxylation sites is 4. The van der Waals surface area contributed by atoms with E-state index in [9.17, 15) is 9.59 Å². The van der Waals surface area contributed by atoms with Crippen LogP contribution in [0.2, 0.25) is 0 Å². The summed E-state index contributed by atoms with van der Waals surface area (Å²) in [6, 6.07) is 24.2. The molecule has 1 aromatic heterocycles. The smallest absolute Gasteiger partial charge is 0.257 e. The summed E-state index contributed by atoms with van der Waals surface area (Å²) in [5.74, 6) is 1.01. The van der Waals surface area contributed by atoms with E-state index in [0.717, 1.165) is 53.4 Å². The summed E-state index contributed by atoms with van der Waals surface area (Å²) in [6.45, 7) is 3.71. The summed E-state index contributed by atoms with van der Waals surface area (Å²) in [5, 5.41) is 1.17. The molecule has 3 aromatic carbocycles. The molecule has 4 aromatic rings. The van der Waals surface area contributed by atoms with Gasteiger partial charge in [0.25, 0.3) is 5.91 Å². The number of hydrogen-bond donors (Lipinski definition) is 0. The monoisotopic (exact) mass is 535 g/mol. The van der Waals surface area contributed by atoms with E-state index < -0.39 is 0 Å². The molecule has 0 aliphatic carbocycles. The maximum atomic E-state index is 13.8. The molecule has 204 valence electrons. The molecule has 0 N–H and O–H groups in total. The van der Waals surface area contributed by atoms with Crippen LogP contribution in [-0.2, 0) is 17.8 Å². The number of amides is 2. The average molecular weight is 536 g/mol. The van der Waals surface area contributed by atoms with E-state index in [1.54, 1.807) is 7.11 Å². The number of carbonyl (C=O) groups excluding carboxylic acids is 2. The van der Waals surface area contributed by atoms with Gasteiger partial charge in [-0.2, -0.15) is 0 Å². The Balaban J connectivity index is 1.20. The quantitative estimate of drug-likeness (QED) is 0.393. The standard InChI is InChI=1S/C32H33N5O3/c1-33-25-11-5-4-10-24(25)32(39)36-16-15-23-22-9-3-6-12-26(22)37(30(23)31(33)36)21-29(38)35-19-17-34(18-20-35)27-13-7-8-14-28(27)40-2/h3-14,31H,15-21H2,1-2H3/t31-/m0/s1. The summed E-state index contributed by atoms with van der Waals surface area (Å²) in [4.78, 5) is 35.9. The summed E-state index contributed by atoms with van der Waals surface area (Å²) in [5.41, 5.74) is 6.07. The minimum Gasteiger partial charge on any atom is -0.495 e. The van der Waals surface area contributed by atoms with E-state index in [0.29, 0.717) is 19.6 Å². The molecule has 1 fully saturated rings. The Morgan fingerprint density at radius 1 is 0.875 bits per heavy atom. The van der Waals surface area contributed by atoms with Crippen LogP contribution in [0.5, 0.6) is 5.75 Å². The Morgan fingerprint density at radius 2 is 1.57 bits per heavy atom. The van der Waals surface area contributed by atoms with E-state index in [-0.39, 0.29) is 24.5 Å². The molecule has 1 saturated heterocycles. The first-order valence-electron chi connectivity index (χ1n) is 14.0. The van der Waals surface area contributed by atoms with Gasteiger partial charge >= 0.3 is 0 Å². The van der Waals surface area contributed by atoms with Crippen LogP contribution in [0.3, 0.4) is 0 Å². The van der Waals surface area contributed by atoms with Crippen molar-refractivity contribution < 1.29 is 14.3 Å². The van der Waals surface area contributed by atoms with Gasteiger partial charge in [-0.1, -0.05) is 42.5 Å². The summed E-state index contributed by atoms with van der Waals surface area (Å²) < 4.78 is 7.74. The third kappa shape index (κ3) is 3.73. The van der Waals surface area contributed by atoms with Gasteiger partial charge in [-0.3, -0.25) is 9.59 Å². The number of carbonyl (C=O) groups is 2. The van der Waals surface area contributed by atoms with Gasteiger partial charge in [0, 0.05) is 50.7 Å². The number of benzene rings is 3. The predicted octanol–water partition coefficient (Wildman–Crippen LogP) is 4.15. The molecule has 40 heavy (non-hydrogen) atoms. The molecule has 8 nitrogen and oxygen atoms in total. The fourth-order valence-corrected chi connectivity index (χ4v) is 6.80. The zero-order chi connectivity index (χ0) is 27.4. The lowest BCUT2D eigenvalue weighted by atomic mass is 9.96. The lowest BCUT2D eigenvalue weighted by Gasteiger charge is -2.46. The second-order valence-electron chi connectivity index (χ2n) is 10.8. The molecule has 8 heteroatoms. The van der Waals surface area contributed by atoms with E-state index in [1.807, 2.05) is 58.3 Å². The van der Waals surface area contributed by atoms with Crippen molar-refractivity contribution in [3.8, 4) is 5.75 Å². The van der Waals surface area contributed by atoms with Gasteiger partial charge in [-0.05, 0) is 42.3 Å². The molecule has 3 aliphatic rings. The number of methoxy groups -OCH3 is 1. The zero-order valence-electron chi connectivity index (χ0n) is 22.9. The highest BCUT2D eigenvalue weighted by molar-refractivity contribution is 6.02. The molecule has 0 saturated carbocycles. The van der Waals surface area contributed by atoms with Crippen LogP contribution in [0.1, 0.15) is 27.8 Å². The van der Waals surface area contributed by atoms with Gasteiger partial charge < -0.3 is 28.9 Å². The minimum absolute atomic E-state index is 0.0555. The highest BCUT2D eigenvalue weighted by Crippen LogP contribution is 2.44. The number of ether oxygens (including phenoxy) is 1. The molecule has 1 atom stereocenters. The summed E-state index contributed by atoms with van der Waals surface area (Å²) in [6.07, 6.45) is 0.515. The summed E-state index contributed by atoms with van der Waals surface area (Å²) in [7, 11) is 3.75. The van der Waals surface area contributed by atoms with Gasteiger partial charge in [0.2, 0.25) is 5.91 Å². The molecular weight excluding hydrogens is 502 g/mol. The van der Waals surface area contributed by atoms with Crippen molar-refractivity contribution in [1.82, 2.24) is 14.4 Å². The number of anilines is 2. The third-order valence-corrected chi connectivity index (χ3v) is 8.76. The van der Waals surface area contributed by atoms with Crippen molar-refractivity contribution in [3.63, 3.8) is 0 Å². The van der Waals surface area contributed by atoms with E-state index in [4.69, 9.17) is 4.74 Å². The Bertz CT molecular complexity index is 1620. The maximum Gasteiger partial charge on any atom is 0.257 e. The first-order valence-corrected chi connectivity index (χ1v) is 14.0. The first-order chi connectivity index (χ1) is 19.6. The Kier molecular flexibility index (Phi) is 5.91. The topological polar surface area (TPSA) is 61.3 Å². The number of rotatable bonds is 4. The Morgan fingerprint density at radius 3 is 2.38 bits per heavy atom. The molecule has 3 aliphatic heterocycles. The third-order valence-electron chi connectivity index (χ3n) is 8.76. The van der Waals surface area contributed by atoms with Gasteiger partial charge in [0.15, 0.2) is 0 Å². The van der Waals surface area contributed by atoms with Gasteiger partial charge in [-0.25, -0.2) is 0 Å².